The van der Waals surface area contributed by atoms with E-state index in [-0.39, 0.29) is 4.90 Å². The molecule has 2 aromatic heterocycles. The summed E-state index contributed by atoms with van der Waals surface area (Å²) in [6, 6.07) is 8.10. The summed E-state index contributed by atoms with van der Waals surface area (Å²) in [5.41, 5.74) is 1.24. The molecule has 1 saturated heterocycles. The summed E-state index contributed by atoms with van der Waals surface area (Å²) in [5, 5.41) is 11.5. The average Bonchev–Trinajstić information content (AvgIpc) is 2.74. The third kappa shape index (κ3) is 4.01. The second kappa shape index (κ2) is 8.27. The molecule has 1 aliphatic heterocycles. The zero-order valence-corrected chi connectivity index (χ0v) is 17.9. The van der Waals surface area contributed by atoms with Gasteiger partial charge in [-0.3, -0.25) is 15.2 Å². The number of hydrogen-bond acceptors (Lipinski definition) is 6. The van der Waals surface area contributed by atoms with Crippen molar-refractivity contribution in [3.63, 3.8) is 0 Å². The van der Waals surface area contributed by atoms with Crippen LogP contribution in [0.1, 0.15) is 5.56 Å². The van der Waals surface area contributed by atoms with E-state index in [1.54, 1.807) is 36.7 Å². The van der Waals surface area contributed by atoms with Crippen LogP contribution >= 0.6 is 11.6 Å². The Morgan fingerprint density at radius 3 is 2.63 bits per heavy atom. The van der Waals surface area contributed by atoms with Crippen LogP contribution in [0.5, 0.6) is 0 Å². The van der Waals surface area contributed by atoms with E-state index in [1.807, 2.05) is 7.05 Å². The van der Waals surface area contributed by atoms with Gasteiger partial charge in [-0.25, -0.2) is 8.42 Å². The van der Waals surface area contributed by atoms with Crippen LogP contribution in [0.25, 0.3) is 10.9 Å². The Morgan fingerprint density at radius 1 is 1.17 bits per heavy atom. The smallest absolute Gasteiger partial charge is 0.275 e. The number of nitrogens with zero attached hydrogens (tertiary/aromatic N) is 5. The molecule has 0 radical (unpaired) electrons. The molecule has 4 rings (SSSR count). The second-order valence-corrected chi connectivity index (χ2v) is 9.41. The number of benzene rings is 1. The maximum absolute atomic E-state index is 13.5. The van der Waals surface area contributed by atoms with Crippen LogP contribution in [0.15, 0.2) is 53.8 Å². The van der Waals surface area contributed by atoms with Gasteiger partial charge in [0.1, 0.15) is 6.20 Å². The number of likely N-dealkylation sites (N-methyl/N-ethyl adjacent to an activating group) is 1. The van der Waals surface area contributed by atoms with E-state index in [4.69, 9.17) is 11.6 Å². The van der Waals surface area contributed by atoms with Gasteiger partial charge in [0, 0.05) is 54.8 Å². The highest BCUT2D eigenvalue weighted by molar-refractivity contribution is 7.89. The molecule has 1 aliphatic rings. The molecule has 1 N–H and O–H groups in total. The van der Waals surface area contributed by atoms with Crippen LogP contribution in [0.2, 0.25) is 5.02 Å². The molecule has 0 aliphatic carbocycles. The Morgan fingerprint density at radius 2 is 1.93 bits per heavy atom. The lowest BCUT2D eigenvalue weighted by Gasteiger charge is -2.31. The number of hydrogen-bond donors (Lipinski definition) is 1. The normalized spacial score (nSPS) is 16.8. The van der Waals surface area contributed by atoms with E-state index in [0.29, 0.717) is 53.4 Å². The highest BCUT2D eigenvalue weighted by Crippen LogP contribution is 2.29. The van der Waals surface area contributed by atoms with Crippen molar-refractivity contribution in [2.45, 2.75) is 4.90 Å². The Balaban J connectivity index is 1.88. The third-order valence-electron chi connectivity index (χ3n) is 5.07. The fourth-order valence-electron chi connectivity index (χ4n) is 3.34. The minimum Gasteiger partial charge on any atom is -0.304 e. The highest BCUT2D eigenvalue weighted by Gasteiger charge is 2.31. The Bertz CT molecular complexity index is 1210. The minimum absolute atomic E-state index is 0.0670. The predicted molar refractivity (Wildman–Crippen MR) is 114 cm³/mol. The monoisotopic (exact) mass is 446 g/mol. The van der Waals surface area contributed by atoms with Gasteiger partial charge in [-0.1, -0.05) is 11.6 Å². The molecular weight excluding hydrogens is 426 g/mol. The van der Waals surface area contributed by atoms with E-state index in [0.717, 1.165) is 4.74 Å². The molecule has 0 amide bonds. The van der Waals surface area contributed by atoms with Crippen LogP contribution in [-0.2, 0) is 10.0 Å². The SMILES string of the molecule is CN1CCN(S(=O)(=O)c2cc3c(Cl)ccnc3cc2/C=[N+](\O)c2cccnc2)CC1. The first-order valence-electron chi connectivity index (χ1n) is 9.36. The van der Waals surface area contributed by atoms with Crippen LogP contribution < -0.4 is 0 Å². The Kier molecular flexibility index (Phi) is 5.70. The zero-order chi connectivity index (χ0) is 21.3. The third-order valence-corrected chi connectivity index (χ3v) is 7.36. The zero-order valence-electron chi connectivity index (χ0n) is 16.3. The van der Waals surface area contributed by atoms with Gasteiger partial charge in [0.25, 0.3) is 5.69 Å². The number of fused-ring (bicyclic) bond motifs is 1. The molecule has 0 saturated carbocycles. The van der Waals surface area contributed by atoms with E-state index in [1.165, 1.54) is 22.8 Å². The topological polar surface area (TPSA) is 89.6 Å². The molecule has 0 bridgehead atoms. The number of sulfonamides is 1. The van der Waals surface area contributed by atoms with Gasteiger partial charge in [0.05, 0.1) is 21.0 Å². The Hall–Kier alpha value is -2.59. The van der Waals surface area contributed by atoms with Gasteiger partial charge in [-0.15, -0.1) is 0 Å². The van der Waals surface area contributed by atoms with Crippen molar-refractivity contribution in [1.82, 2.24) is 19.2 Å². The molecule has 156 valence electrons. The van der Waals surface area contributed by atoms with Crippen molar-refractivity contribution < 1.29 is 18.4 Å². The maximum atomic E-state index is 13.5. The van der Waals surface area contributed by atoms with Crippen molar-refractivity contribution in [3.05, 3.63) is 59.5 Å². The van der Waals surface area contributed by atoms with Crippen molar-refractivity contribution in [3.8, 4) is 0 Å². The summed E-state index contributed by atoms with van der Waals surface area (Å²) in [7, 11) is -1.86. The summed E-state index contributed by atoms with van der Waals surface area (Å²) in [6.45, 7) is 2.08. The predicted octanol–water partition coefficient (Wildman–Crippen LogP) is 2.37. The van der Waals surface area contributed by atoms with Gasteiger partial charge < -0.3 is 4.90 Å². The number of piperazine rings is 1. The molecule has 10 heteroatoms. The van der Waals surface area contributed by atoms with Crippen molar-refractivity contribution in [1.29, 1.82) is 0 Å². The molecule has 3 heterocycles. The molecule has 30 heavy (non-hydrogen) atoms. The van der Waals surface area contributed by atoms with E-state index >= 15 is 0 Å². The fourth-order valence-corrected chi connectivity index (χ4v) is 5.15. The molecular formula is C20H21ClN5O3S+. The van der Waals surface area contributed by atoms with Gasteiger partial charge in [-0.05, 0) is 31.3 Å². The van der Waals surface area contributed by atoms with Crippen LogP contribution in [0.4, 0.5) is 5.69 Å². The molecule has 1 aromatic carbocycles. The van der Waals surface area contributed by atoms with Crippen molar-refractivity contribution in [2.75, 3.05) is 33.2 Å². The summed E-state index contributed by atoms with van der Waals surface area (Å²) in [5.74, 6) is 0. The second-order valence-electron chi connectivity index (χ2n) is 7.09. The lowest BCUT2D eigenvalue weighted by Crippen LogP contribution is -2.47. The van der Waals surface area contributed by atoms with Crippen LogP contribution in [-0.4, -0.2) is 77.0 Å². The average molecular weight is 447 g/mol. The number of aromatic nitrogens is 2. The minimum atomic E-state index is -3.82. The fraction of sp³-hybridized carbons (Fsp3) is 0.250. The number of halogens is 1. The van der Waals surface area contributed by atoms with Crippen LogP contribution in [0.3, 0.4) is 0 Å². The molecule has 0 atom stereocenters. The molecule has 0 unspecified atom stereocenters. The summed E-state index contributed by atoms with van der Waals surface area (Å²) in [4.78, 5) is 10.4. The maximum Gasteiger partial charge on any atom is 0.275 e. The largest absolute Gasteiger partial charge is 0.304 e. The molecule has 1 fully saturated rings. The first kappa shape index (κ1) is 20.7. The number of rotatable bonds is 4. The van der Waals surface area contributed by atoms with Gasteiger partial charge in [0.15, 0.2) is 0 Å². The van der Waals surface area contributed by atoms with Crippen LogP contribution in [0, 0.1) is 0 Å². The van der Waals surface area contributed by atoms with E-state index in [2.05, 4.69) is 14.9 Å². The first-order valence-corrected chi connectivity index (χ1v) is 11.2. The van der Waals surface area contributed by atoms with E-state index in [9.17, 15) is 13.6 Å². The molecule has 0 spiro atoms. The van der Waals surface area contributed by atoms with Crippen molar-refractivity contribution in [2.24, 2.45) is 0 Å². The summed E-state index contributed by atoms with van der Waals surface area (Å²) >= 11 is 6.30. The summed E-state index contributed by atoms with van der Waals surface area (Å²) < 4.78 is 29.3. The molecule has 3 aromatic rings. The highest BCUT2D eigenvalue weighted by atomic mass is 35.5. The van der Waals surface area contributed by atoms with E-state index < -0.39 is 10.0 Å². The first-order chi connectivity index (χ1) is 14.4. The van der Waals surface area contributed by atoms with Crippen molar-refractivity contribution >= 4 is 44.4 Å². The van der Waals surface area contributed by atoms with Gasteiger partial charge >= 0.3 is 0 Å². The number of pyridine rings is 2. The molecule has 8 nitrogen and oxygen atoms in total. The lowest BCUT2D eigenvalue weighted by molar-refractivity contribution is -0.709. The lowest BCUT2D eigenvalue weighted by atomic mass is 10.1. The quantitative estimate of drug-likeness (QED) is 0.286. The van der Waals surface area contributed by atoms with Gasteiger partial charge in [-0.2, -0.15) is 4.31 Å². The Labute approximate surface area is 179 Å². The summed E-state index contributed by atoms with van der Waals surface area (Å²) in [6.07, 6.45) is 5.97. The van der Waals surface area contributed by atoms with Gasteiger partial charge in [0.2, 0.25) is 16.2 Å². The standard InChI is InChI=1S/C20H21ClN5O3S/c1-24-7-9-25(10-8-24)30(28,29)20-12-17-18(21)4-6-23-19(17)11-15(20)14-26(27)16-3-2-5-22-13-16/h2-6,11-14,27H,7-10H2,1H3/q+1/b26-14-.